The lowest BCUT2D eigenvalue weighted by molar-refractivity contribution is -0.141. The van der Waals surface area contributed by atoms with Gasteiger partial charge in [-0.2, -0.15) is 18.3 Å². The summed E-state index contributed by atoms with van der Waals surface area (Å²) in [5.74, 6) is -0.668. The first-order chi connectivity index (χ1) is 19.6. The number of aromatic nitrogens is 7. The molecule has 0 atom stereocenters. The predicted molar refractivity (Wildman–Crippen MR) is 144 cm³/mol. The summed E-state index contributed by atoms with van der Waals surface area (Å²) in [7, 11) is 1.82. The molecule has 5 heterocycles. The number of anilines is 1. The van der Waals surface area contributed by atoms with E-state index >= 15 is 0 Å². The first-order valence-electron chi connectivity index (χ1n) is 12.0. The van der Waals surface area contributed by atoms with Gasteiger partial charge in [-0.1, -0.05) is 0 Å². The molecule has 1 aromatic carbocycles. The Morgan fingerprint density at radius 2 is 1.78 bits per heavy atom. The van der Waals surface area contributed by atoms with Crippen LogP contribution in [-0.4, -0.2) is 40.0 Å². The maximum absolute atomic E-state index is 13.8. The van der Waals surface area contributed by atoms with Crippen molar-refractivity contribution in [3.8, 4) is 33.2 Å². The van der Waals surface area contributed by atoms with Gasteiger partial charge in [-0.25, -0.2) is 23.9 Å². The van der Waals surface area contributed by atoms with Gasteiger partial charge in [-0.05, 0) is 55.5 Å². The van der Waals surface area contributed by atoms with Gasteiger partial charge in [0.05, 0.1) is 17.6 Å². The monoisotopic (exact) mass is 578 g/mol. The van der Waals surface area contributed by atoms with E-state index in [1.165, 1.54) is 35.2 Å². The van der Waals surface area contributed by atoms with E-state index in [2.05, 4.69) is 30.4 Å². The molecule has 0 fully saturated rings. The number of nitrogens with zero attached hydrogens (tertiary/aromatic N) is 7. The summed E-state index contributed by atoms with van der Waals surface area (Å²) in [5.41, 5.74) is 1.89. The van der Waals surface area contributed by atoms with E-state index < -0.39 is 22.7 Å². The number of rotatable bonds is 5. The zero-order chi connectivity index (χ0) is 28.9. The Morgan fingerprint density at radius 3 is 2.49 bits per heavy atom. The Morgan fingerprint density at radius 1 is 1.00 bits per heavy atom. The van der Waals surface area contributed by atoms with E-state index in [4.69, 9.17) is 0 Å². The molecule has 1 amide bonds. The molecular formula is C27H18F4N8OS. The summed E-state index contributed by atoms with van der Waals surface area (Å²) >= 11 is 0.611. The van der Waals surface area contributed by atoms with Crippen molar-refractivity contribution >= 4 is 28.7 Å². The molecule has 41 heavy (non-hydrogen) atoms. The largest absolute Gasteiger partial charge is 0.435 e. The SMILES string of the molecule is Cc1nc(-c2ccc(F)cc2)c(-c2ccc3nc(NC(=O)c4sc(-c5cccnc5)nc4C(F)(F)F)cn3n2)n1C. The Balaban J connectivity index is 1.33. The maximum atomic E-state index is 13.8. The molecule has 0 unspecified atom stereocenters. The van der Waals surface area contributed by atoms with Crippen LogP contribution in [0.4, 0.5) is 23.4 Å². The fraction of sp³-hybridized carbons (Fsp3) is 0.111. The van der Waals surface area contributed by atoms with E-state index in [0.717, 1.165) is 0 Å². The van der Waals surface area contributed by atoms with Crippen molar-refractivity contribution in [2.45, 2.75) is 13.1 Å². The van der Waals surface area contributed by atoms with Crippen LogP contribution in [0.2, 0.25) is 0 Å². The fourth-order valence-electron chi connectivity index (χ4n) is 4.23. The molecule has 0 saturated carbocycles. The molecule has 0 aliphatic rings. The van der Waals surface area contributed by atoms with Gasteiger partial charge in [0.15, 0.2) is 17.2 Å². The number of imidazole rings is 2. The number of aryl methyl sites for hydroxylation is 1. The highest BCUT2D eigenvalue weighted by Gasteiger charge is 2.40. The molecule has 5 aromatic heterocycles. The number of hydrogen-bond donors (Lipinski definition) is 1. The fourth-order valence-corrected chi connectivity index (χ4v) is 5.20. The van der Waals surface area contributed by atoms with Crippen molar-refractivity contribution in [2.24, 2.45) is 7.05 Å². The number of hydrogen-bond acceptors (Lipinski definition) is 7. The molecule has 206 valence electrons. The molecule has 6 aromatic rings. The first kappa shape index (κ1) is 26.3. The highest BCUT2D eigenvalue weighted by atomic mass is 32.1. The third kappa shape index (κ3) is 4.93. The van der Waals surface area contributed by atoms with E-state index in [9.17, 15) is 22.4 Å². The number of fused-ring (bicyclic) bond motifs is 1. The molecule has 0 spiro atoms. The lowest BCUT2D eigenvalue weighted by Gasteiger charge is -2.07. The average Bonchev–Trinajstić information content (AvgIpc) is 3.65. The van der Waals surface area contributed by atoms with Gasteiger partial charge < -0.3 is 9.88 Å². The molecule has 9 nitrogen and oxygen atoms in total. The zero-order valence-electron chi connectivity index (χ0n) is 21.3. The van der Waals surface area contributed by atoms with Crippen molar-refractivity contribution < 1.29 is 22.4 Å². The molecule has 0 aliphatic heterocycles. The van der Waals surface area contributed by atoms with Crippen molar-refractivity contribution in [3.05, 3.63) is 89.3 Å². The van der Waals surface area contributed by atoms with E-state index in [-0.39, 0.29) is 16.6 Å². The molecule has 6 rings (SSSR count). The van der Waals surface area contributed by atoms with E-state index in [1.54, 1.807) is 36.4 Å². The minimum atomic E-state index is -4.84. The van der Waals surface area contributed by atoms with Crippen LogP contribution >= 0.6 is 11.3 Å². The summed E-state index contributed by atoms with van der Waals surface area (Å²) in [4.78, 5) is 28.9. The lowest BCUT2D eigenvalue weighted by atomic mass is 10.1. The molecule has 0 saturated heterocycles. The van der Waals surface area contributed by atoms with Crippen LogP contribution < -0.4 is 5.32 Å². The lowest BCUT2D eigenvalue weighted by Crippen LogP contribution is -2.17. The molecule has 0 aliphatic carbocycles. The van der Waals surface area contributed by atoms with Crippen LogP contribution in [0.1, 0.15) is 21.2 Å². The highest BCUT2D eigenvalue weighted by molar-refractivity contribution is 7.17. The van der Waals surface area contributed by atoms with Gasteiger partial charge in [-0.15, -0.1) is 11.3 Å². The minimum absolute atomic E-state index is 0.00375. The van der Waals surface area contributed by atoms with Gasteiger partial charge in [0.1, 0.15) is 27.2 Å². The number of thiazole rings is 1. The van der Waals surface area contributed by atoms with Gasteiger partial charge >= 0.3 is 6.18 Å². The molecule has 0 radical (unpaired) electrons. The number of halogens is 4. The third-order valence-corrected chi connectivity index (χ3v) is 7.35. The first-order valence-corrected chi connectivity index (χ1v) is 12.9. The number of nitrogens with one attached hydrogen (secondary N) is 1. The van der Waals surface area contributed by atoms with Crippen molar-refractivity contribution in [2.75, 3.05) is 5.32 Å². The van der Waals surface area contributed by atoms with Crippen LogP contribution in [0.15, 0.2) is 67.1 Å². The average molecular weight is 579 g/mol. The normalized spacial score (nSPS) is 11.8. The number of carbonyl (C=O) groups is 1. The van der Waals surface area contributed by atoms with Gasteiger partial charge in [0.2, 0.25) is 0 Å². The molecule has 0 bridgehead atoms. The predicted octanol–water partition coefficient (Wildman–Crippen LogP) is 6.03. The second kappa shape index (κ2) is 9.89. The van der Waals surface area contributed by atoms with Gasteiger partial charge in [0.25, 0.3) is 5.91 Å². The summed E-state index contributed by atoms with van der Waals surface area (Å²) in [6, 6.07) is 12.4. The molecular weight excluding hydrogens is 560 g/mol. The van der Waals surface area contributed by atoms with Crippen molar-refractivity contribution in [1.29, 1.82) is 0 Å². The van der Waals surface area contributed by atoms with Crippen LogP contribution in [0.25, 0.3) is 38.9 Å². The topological polar surface area (TPSA) is 103 Å². The minimum Gasteiger partial charge on any atom is -0.330 e. The second-order valence-electron chi connectivity index (χ2n) is 8.96. The summed E-state index contributed by atoms with van der Waals surface area (Å²) in [6.07, 6.45) is -0.592. The van der Waals surface area contributed by atoms with Crippen LogP contribution in [0.3, 0.4) is 0 Å². The van der Waals surface area contributed by atoms with Crippen molar-refractivity contribution in [3.63, 3.8) is 0 Å². The smallest absolute Gasteiger partial charge is 0.330 e. The Kier molecular flexibility index (Phi) is 6.33. The van der Waals surface area contributed by atoms with Gasteiger partial charge in [-0.3, -0.25) is 9.78 Å². The number of pyridine rings is 1. The zero-order valence-corrected chi connectivity index (χ0v) is 22.1. The molecule has 14 heteroatoms. The number of benzene rings is 1. The van der Waals surface area contributed by atoms with E-state index in [1.807, 2.05) is 18.5 Å². The Bertz CT molecular complexity index is 1910. The van der Waals surface area contributed by atoms with Crippen LogP contribution in [0.5, 0.6) is 0 Å². The van der Waals surface area contributed by atoms with Crippen LogP contribution in [0, 0.1) is 12.7 Å². The number of amides is 1. The summed E-state index contributed by atoms with van der Waals surface area (Å²) in [5, 5.41) is 7.04. The summed E-state index contributed by atoms with van der Waals surface area (Å²) < 4.78 is 58.0. The van der Waals surface area contributed by atoms with E-state index in [0.29, 0.717) is 51.0 Å². The Labute approximate surface area is 233 Å². The quantitative estimate of drug-likeness (QED) is 0.251. The van der Waals surface area contributed by atoms with Crippen molar-refractivity contribution in [1.82, 2.24) is 34.1 Å². The van der Waals surface area contributed by atoms with Crippen LogP contribution in [-0.2, 0) is 13.2 Å². The molecule has 1 N–H and O–H groups in total. The second-order valence-corrected chi connectivity index (χ2v) is 9.96. The third-order valence-electron chi connectivity index (χ3n) is 6.25. The highest BCUT2D eigenvalue weighted by Crippen LogP contribution is 2.38. The number of carbonyl (C=O) groups excluding carboxylic acids is 1. The Hall–Kier alpha value is -4.98. The maximum Gasteiger partial charge on any atom is 0.435 e. The number of alkyl halides is 3. The standard InChI is InChI=1S/C27H18F4N8OS/c1-14-33-21(15-5-7-17(28)8-6-15)22(38(14)2)18-9-10-20-34-19(13-39(20)37-18)35-25(40)23-24(27(29,30)31)36-26(41-23)16-4-3-11-32-12-16/h3-13H,1-2H3,(H,35,40). The summed E-state index contributed by atoms with van der Waals surface area (Å²) in [6.45, 7) is 1.83. The van der Waals surface area contributed by atoms with Gasteiger partial charge in [0, 0.05) is 30.6 Å².